The minimum absolute atomic E-state index is 0.725. The third-order valence-electron chi connectivity index (χ3n) is 3.38. The fourth-order valence-electron chi connectivity index (χ4n) is 2.16. The molecule has 19 heavy (non-hydrogen) atoms. The molecule has 0 radical (unpaired) electrons. The molecule has 0 fully saturated rings. The number of hydrogen-bond acceptors (Lipinski definition) is 0. The van der Waals surface area contributed by atoms with Crippen LogP contribution in [0.25, 0.3) is 0 Å². The predicted octanol–water partition coefficient (Wildman–Crippen LogP) is 7.04. The highest BCUT2D eigenvalue weighted by Crippen LogP contribution is 2.11. The van der Waals surface area contributed by atoms with Gasteiger partial charge in [0.1, 0.15) is 0 Å². The molecule has 0 unspecified atom stereocenters. The molecular formula is C18H33Cl. The number of halogens is 1. The van der Waals surface area contributed by atoms with Crippen LogP contribution in [0.1, 0.15) is 84.0 Å². The molecule has 0 atom stereocenters. The molecule has 0 aromatic heterocycles. The van der Waals surface area contributed by atoms with Crippen LogP contribution >= 0.6 is 11.6 Å². The molecule has 0 bridgehead atoms. The average Bonchev–Trinajstić information content (AvgIpc) is 2.43. The number of rotatable bonds is 14. The molecule has 0 saturated carbocycles. The number of unbranched alkanes of at least 4 members (excludes halogenated alkanes) is 10. The second-order valence-electron chi connectivity index (χ2n) is 5.30. The fraction of sp³-hybridized carbons (Fsp3) is 0.778. The van der Waals surface area contributed by atoms with Crippen molar-refractivity contribution < 1.29 is 0 Å². The molecule has 0 saturated heterocycles. The Morgan fingerprint density at radius 3 is 1.63 bits per heavy atom. The zero-order valence-corrected chi connectivity index (χ0v) is 13.6. The highest BCUT2D eigenvalue weighted by molar-refractivity contribution is 6.17. The van der Waals surface area contributed by atoms with Crippen molar-refractivity contribution in [2.45, 2.75) is 84.0 Å². The van der Waals surface area contributed by atoms with E-state index in [1.807, 2.05) is 0 Å². The van der Waals surface area contributed by atoms with Crippen LogP contribution in [0.5, 0.6) is 0 Å². The monoisotopic (exact) mass is 284 g/mol. The second-order valence-corrected chi connectivity index (χ2v) is 5.68. The standard InChI is InChI=1S/C18H33Cl/c1-2-3-4-5-6-7-8-9-10-11-12-13-14-15-16-17-18-19/h13-16H,2-12,17-18H2,1H3. The molecule has 0 spiro atoms. The van der Waals surface area contributed by atoms with Crippen LogP contribution in [0.4, 0.5) is 0 Å². The van der Waals surface area contributed by atoms with Gasteiger partial charge < -0.3 is 0 Å². The maximum Gasteiger partial charge on any atom is 0.0258 e. The van der Waals surface area contributed by atoms with E-state index in [1.54, 1.807) is 0 Å². The first-order chi connectivity index (χ1) is 9.41. The zero-order valence-electron chi connectivity index (χ0n) is 12.9. The first-order valence-corrected chi connectivity index (χ1v) is 8.83. The van der Waals surface area contributed by atoms with E-state index in [2.05, 4.69) is 31.2 Å². The summed E-state index contributed by atoms with van der Waals surface area (Å²) in [5.41, 5.74) is 0. The minimum atomic E-state index is 0.725. The van der Waals surface area contributed by atoms with Gasteiger partial charge in [0.25, 0.3) is 0 Å². The predicted molar refractivity (Wildman–Crippen MR) is 90.1 cm³/mol. The topological polar surface area (TPSA) is 0 Å². The summed E-state index contributed by atoms with van der Waals surface area (Å²) in [6.45, 7) is 2.28. The van der Waals surface area contributed by atoms with Gasteiger partial charge in [0.2, 0.25) is 0 Å². The Balaban J connectivity index is 3.06. The van der Waals surface area contributed by atoms with Crippen molar-refractivity contribution >= 4 is 11.6 Å². The summed E-state index contributed by atoms with van der Waals surface area (Å²) < 4.78 is 0. The molecule has 0 rings (SSSR count). The van der Waals surface area contributed by atoms with Crippen molar-refractivity contribution in [3.63, 3.8) is 0 Å². The SMILES string of the molecule is CCCCCCCCCCCCC=CC=CCCCl. The molecule has 0 nitrogen and oxygen atoms in total. The van der Waals surface area contributed by atoms with Gasteiger partial charge >= 0.3 is 0 Å². The molecule has 0 aliphatic carbocycles. The van der Waals surface area contributed by atoms with Gasteiger partial charge in [-0.15, -0.1) is 11.6 Å². The van der Waals surface area contributed by atoms with E-state index in [1.165, 1.54) is 70.6 Å². The number of allylic oxidation sites excluding steroid dienone is 4. The number of hydrogen-bond donors (Lipinski definition) is 0. The van der Waals surface area contributed by atoms with Crippen molar-refractivity contribution in [2.24, 2.45) is 0 Å². The number of alkyl halides is 1. The Bertz CT molecular complexity index is 206. The van der Waals surface area contributed by atoms with Gasteiger partial charge in [-0.1, -0.05) is 89.0 Å². The maximum atomic E-state index is 5.58. The molecule has 0 amide bonds. The highest BCUT2D eigenvalue weighted by Gasteiger charge is 1.91. The van der Waals surface area contributed by atoms with Crippen molar-refractivity contribution in [2.75, 3.05) is 5.88 Å². The fourth-order valence-corrected chi connectivity index (χ4v) is 2.29. The molecular weight excluding hydrogens is 252 g/mol. The molecule has 0 aromatic carbocycles. The smallest absolute Gasteiger partial charge is 0.0258 e. The minimum Gasteiger partial charge on any atom is -0.126 e. The molecule has 112 valence electrons. The van der Waals surface area contributed by atoms with Crippen LogP contribution in [0.2, 0.25) is 0 Å². The third kappa shape index (κ3) is 17.8. The maximum absolute atomic E-state index is 5.58. The lowest BCUT2D eigenvalue weighted by Crippen LogP contribution is -1.81. The lowest BCUT2D eigenvalue weighted by atomic mass is 10.1. The van der Waals surface area contributed by atoms with Gasteiger partial charge in [-0.2, -0.15) is 0 Å². The summed E-state index contributed by atoms with van der Waals surface area (Å²) in [5.74, 6) is 0.725. The first kappa shape index (κ1) is 18.8. The Kier molecular flexibility index (Phi) is 17.6. The lowest BCUT2D eigenvalue weighted by Gasteiger charge is -2.01. The molecule has 0 heterocycles. The van der Waals surface area contributed by atoms with Crippen molar-refractivity contribution in [3.8, 4) is 0 Å². The summed E-state index contributed by atoms with van der Waals surface area (Å²) in [6, 6.07) is 0. The van der Waals surface area contributed by atoms with E-state index >= 15 is 0 Å². The van der Waals surface area contributed by atoms with Crippen molar-refractivity contribution in [3.05, 3.63) is 24.3 Å². The summed E-state index contributed by atoms with van der Waals surface area (Å²) >= 11 is 5.58. The molecule has 1 heteroatoms. The van der Waals surface area contributed by atoms with E-state index in [9.17, 15) is 0 Å². The second kappa shape index (κ2) is 17.8. The van der Waals surface area contributed by atoms with Gasteiger partial charge in [0.05, 0.1) is 0 Å². The molecule has 0 aromatic rings. The van der Waals surface area contributed by atoms with Gasteiger partial charge in [0, 0.05) is 5.88 Å². The van der Waals surface area contributed by atoms with Gasteiger partial charge in [0.15, 0.2) is 0 Å². The normalized spacial score (nSPS) is 11.9. The quantitative estimate of drug-likeness (QED) is 0.182. The summed E-state index contributed by atoms with van der Waals surface area (Å²) in [4.78, 5) is 0. The Hall–Kier alpha value is -0.230. The van der Waals surface area contributed by atoms with E-state index in [-0.39, 0.29) is 0 Å². The average molecular weight is 285 g/mol. The Morgan fingerprint density at radius 2 is 1.11 bits per heavy atom. The lowest BCUT2D eigenvalue weighted by molar-refractivity contribution is 0.557. The van der Waals surface area contributed by atoms with Crippen LogP contribution in [0, 0.1) is 0 Å². The molecule has 0 aliphatic rings. The van der Waals surface area contributed by atoms with Crippen molar-refractivity contribution in [1.29, 1.82) is 0 Å². The largest absolute Gasteiger partial charge is 0.126 e. The Morgan fingerprint density at radius 1 is 0.632 bits per heavy atom. The van der Waals surface area contributed by atoms with E-state index in [0.717, 1.165) is 12.3 Å². The van der Waals surface area contributed by atoms with Crippen LogP contribution < -0.4 is 0 Å². The highest BCUT2D eigenvalue weighted by atomic mass is 35.5. The van der Waals surface area contributed by atoms with Crippen LogP contribution in [-0.2, 0) is 0 Å². The molecule has 0 N–H and O–H groups in total. The molecule has 0 aliphatic heterocycles. The summed E-state index contributed by atoms with van der Waals surface area (Å²) in [6.07, 6.45) is 25.0. The van der Waals surface area contributed by atoms with Crippen molar-refractivity contribution in [1.82, 2.24) is 0 Å². The first-order valence-electron chi connectivity index (χ1n) is 8.29. The van der Waals surface area contributed by atoms with Gasteiger partial charge in [-0.3, -0.25) is 0 Å². The van der Waals surface area contributed by atoms with Gasteiger partial charge in [-0.05, 0) is 19.3 Å². The zero-order chi connectivity index (χ0) is 14.0. The van der Waals surface area contributed by atoms with E-state index < -0.39 is 0 Å². The van der Waals surface area contributed by atoms with Crippen LogP contribution in [-0.4, -0.2) is 5.88 Å². The summed E-state index contributed by atoms with van der Waals surface area (Å²) in [7, 11) is 0. The Labute approximate surface area is 126 Å². The third-order valence-corrected chi connectivity index (χ3v) is 3.60. The van der Waals surface area contributed by atoms with E-state index in [0.29, 0.717) is 0 Å². The van der Waals surface area contributed by atoms with Gasteiger partial charge in [-0.25, -0.2) is 0 Å². The summed E-state index contributed by atoms with van der Waals surface area (Å²) in [5, 5.41) is 0. The van der Waals surface area contributed by atoms with Crippen LogP contribution in [0.3, 0.4) is 0 Å². The van der Waals surface area contributed by atoms with E-state index in [4.69, 9.17) is 11.6 Å². The van der Waals surface area contributed by atoms with Crippen LogP contribution in [0.15, 0.2) is 24.3 Å².